The first kappa shape index (κ1) is 13.3. The summed E-state index contributed by atoms with van der Waals surface area (Å²) in [6.45, 7) is 6.97. The second-order valence-electron chi connectivity index (χ2n) is 4.26. The lowest BCUT2D eigenvalue weighted by Crippen LogP contribution is -2.26. The van der Waals surface area contributed by atoms with Crippen LogP contribution in [0.15, 0.2) is 0 Å². The number of hydrogen-bond donors (Lipinski definition) is 2. The molecule has 0 bridgehead atoms. The summed E-state index contributed by atoms with van der Waals surface area (Å²) in [6, 6.07) is 0. The highest BCUT2D eigenvalue weighted by molar-refractivity contribution is 6.28. The molecule has 2 N–H and O–H groups in total. The van der Waals surface area contributed by atoms with E-state index in [2.05, 4.69) is 30.5 Å². The maximum atomic E-state index is 5.84. The van der Waals surface area contributed by atoms with Crippen LogP contribution in [0.2, 0.25) is 5.28 Å². The molecule has 6 nitrogen and oxygen atoms in total. The number of halogens is 1. The largest absolute Gasteiger partial charge is 0.354 e. The maximum Gasteiger partial charge on any atom is 0.228 e. The third-order valence-corrected chi connectivity index (χ3v) is 3.02. The first-order chi connectivity index (χ1) is 8.78. The van der Waals surface area contributed by atoms with Crippen LogP contribution in [0.25, 0.3) is 0 Å². The topological polar surface area (TPSA) is 66.0 Å². The zero-order chi connectivity index (χ0) is 12.8. The third kappa shape index (κ3) is 3.96. The number of nitrogens with one attached hydrogen (secondary N) is 2. The Balaban J connectivity index is 1.83. The van der Waals surface area contributed by atoms with Crippen LogP contribution in [0.3, 0.4) is 0 Å². The fourth-order valence-corrected chi connectivity index (χ4v) is 2.16. The van der Waals surface area contributed by atoms with Crippen LogP contribution in [-0.4, -0.2) is 52.6 Å². The molecule has 0 radical (unpaired) electrons. The predicted octanol–water partition coefficient (Wildman–Crippen LogP) is 1.46. The van der Waals surface area contributed by atoms with Crippen LogP contribution in [0, 0.1) is 0 Å². The van der Waals surface area contributed by atoms with Gasteiger partial charge in [0.05, 0.1) is 0 Å². The van der Waals surface area contributed by atoms with Crippen LogP contribution in [-0.2, 0) is 0 Å². The van der Waals surface area contributed by atoms with Crippen molar-refractivity contribution in [3.8, 4) is 0 Å². The molecule has 0 aromatic carbocycles. The number of nitrogens with zero attached hydrogens (tertiary/aromatic N) is 4. The highest BCUT2D eigenvalue weighted by Gasteiger charge is 2.11. The summed E-state index contributed by atoms with van der Waals surface area (Å²) in [4.78, 5) is 14.7. The summed E-state index contributed by atoms with van der Waals surface area (Å²) >= 11 is 5.84. The van der Waals surface area contributed by atoms with Crippen LogP contribution in [0.5, 0.6) is 0 Å². The zero-order valence-electron chi connectivity index (χ0n) is 10.6. The van der Waals surface area contributed by atoms with Gasteiger partial charge in [0, 0.05) is 19.6 Å². The summed E-state index contributed by atoms with van der Waals surface area (Å²) in [6.07, 6.45) is 2.62. The van der Waals surface area contributed by atoms with Crippen molar-refractivity contribution < 1.29 is 0 Å². The van der Waals surface area contributed by atoms with Crippen molar-refractivity contribution in [2.24, 2.45) is 0 Å². The SMILES string of the molecule is CCNc1nc(Cl)nc(NCCN2CCCC2)n1. The van der Waals surface area contributed by atoms with Gasteiger partial charge in [0.15, 0.2) is 0 Å². The minimum absolute atomic E-state index is 0.213. The quantitative estimate of drug-likeness (QED) is 0.816. The monoisotopic (exact) mass is 270 g/mol. The molecule has 0 spiro atoms. The van der Waals surface area contributed by atoms with E-state index in [0.29, 0.717) is 11.9 Å². The minimum atomic E-state index is 0.213. The van der Waals surface area contributed by atoms with Crippen molar-refractivity contribution in [1.82, 2.24) is 19.9 Å². The smallest absolute Gasteiger partial charge is 0.228 e. The number of hydrogen-bond acceptors (Lipinski definition) is 6. The Morgan fingerprint density at radius 1 is 1.11 bits per heavy atom. The van der Waals surface area contributed by atoms with E-state index < -0.39 is 0 Å². The lowest BCUT2D eigenvalue weighted by atomic mass is 10.4. The highest BCUT2D eigenvalue weighted by Crippen LogP contribution is 2.10. The average Bonchev–Trinajstić information content (AvgIpc) is 2.82. The average molecular weight is 271 g/mol. The van der Waals surface area contributed by atoms with Crippen molar-refractivity contribution in [3.05, 3.63) is 5.28 Å². The Morgan fingerprint density at radius 3 is 2.44 bits per heavy atom. The van der Waals surface area contributed by atoms with Gasteiger partial charge < -0.3 is 15.5 Å². The third-order valence-electron chi connectivity index (χ3n) is 2.85. The van der Waals surface area contributed by atoms with Gasteiger partial charge >= 0.3 is 0 Å². The molecule has 1 aliphatic rings. The van der Waals surface area contributed by atoms with Gasteiger partial charge in [-0.1, -0.05) is 0 Å². The van der Waals surface area contributed by atoms with Crippen LogP contribution in [0.1, 0.15) is 19.8 Å². The Morgan fingerprint density at radius 2 is 1.78 bits per heavy atom. The molecular weight excluding hydrogens is 252 g/mol. The highest BCUT2D eigenvalue weighted by atomic mass is 35.5. The van der Waals surface area contributed by atoms with Crippen molar-refractivity contribution in [2.75, 3.05) is 43.4 Å². The number of likely N-dealkylation sites (tertiary alicyclic amines) is 1. The lowest BCUT2D eigenvalue weighted by molar-refractivity contribution is 0.352. The molecule has 18 heavy (non-hydrogen) atoms. The lowest BCUT2D eigenvalue weighted by Gasteiger charge is -2.14. The fourth-order valence-electron chi connectivity index (χ4n) is 2.00. The van der Waals surface area contributed by atoms with E-state index in [0.717, 1.165) is 19.6 Å². The molecule has 0 aliphatic carbocycles. The van der Waals surface area contributed by atoms with Gasteiger partial charge in [-0.05, 0) is 44.5 Å². The minimum Gasteiger partial charge on any atom is -0.354 e. The molecule has 1 aromatic heterocycles. The molecule has 1 aliphatic heterocycles. The van der Waals surface area contributed by atoms with Crippen molar-refractivity contribution >= 4 is 23.5 Å². The molecule has 7 heteroatoms. The Labute approximate surface area is 112 Å². The molecule has 2 heterocycles. The van der Waals surface area contributed by atoms with E-state index in [1.807, 2.05) is 6.92 Å². The molecule has 0 atom stereocenters. The fraction of sp³-hybridized carbons (Fsp3) is 0.727. The molecule has 1 fully saturated rings. The Kier molecular flexibility index (Phi) is 4.95. The molecule has 0 amide bonds. The van der Waals surface area contributed by atoms with Gasteiger partial charge in [0.1, 0.15) is 0 Å². The van der Waals surface area contributed by atoms with Crippen molar-refractivity contribution in [1.29, 1.82) is 0 Å². The summed E-state index contributed by atoms with van der Waals surface area (Å²) in [7, 11) is 0. The summed E-state index contributed by atoms with van der Waals surface area (Å²) < 4.78 is 0. The first-order valence-corrected chi connectivity index (χ1v) is 6.77. The summed E-state index contributed by atoms with van der Waals surface area (Å²) in [5.41, 5.74) is 0. The van der Waals surface area contributed by atoms with Crippen molar-refractivity contribution in [3.63, 3.8) is 0 Å². The van der Waals surface area contributed by atoms with Crippen LogP contribution < -0.4 is 10.6 Å². The molecule has 1 saturated heterocycles. The second-order valence-corrected chi connectivity index (χ2v) is 4.60. The van der Waals surface area contributed by atoms with E-state index in [1.54, 1.807) is 0 Å². The summed E-state index contributed by atoms with van der Waals surface area (Å²) in [5, 5.41) is 6.42. The molecule has 0 saturated carbocycles. The Bertz CT molecular complexity index is 380. The van der Waals surface area contributed by atoms with Gasteiger partial charge in [0.2, 0.25) is 17.2 Å². The summed E-state index contributed by atoms with van der Waals surface area (Å²) in [5.74, 6) is 1.05. The van der Waals surface area contributed by atoms with Crippen LogP contribution in [0.4, 0.5) is 11.9 Å². The number of anilines is 2. The number of rotatable bonds is 6. The first-order valence-electron chi connectivity index (χ1n) is 6.39. The maximum absolute atomic E-state index is 5.84. The normalized spacial score (nSPS) is 15.9. The molecule has 1 aromatic rings. The van der Waals surface area contributed by atoms with Gasteiger partial charge in [0.25, 0.3) is 0 Å². The zero-order valence-corrected chi connectivity index (χ0v) is 11.4. The van der Waals surface area contributed by atoms with E-state index in [-0.39, 0.29) is 5.28 Å². The van der Waals surface area contributed by atoms with Crippen molar-refractivity contribution in [2.45, 2.75) is 19.8 Å². The standard InChI is InChI=1S/C11H19ClN6/c1-2-13-10-15-9(12)16-11(17-10)14-5-8-18-6-3-4-7-18/h2-8H2,1H3,(H2,13,14,15,16,17). The molecule has 2 rings (SSSR count). The van der Waals surface area contributed by atoms with Gasteiger partial charge in [-0.15, -0.1) is 0 Å². The van der Waals surface area contributed by atoms with Crippen LogP contribution >= 0.6 is 11.6 Å². The predicted molar refractivity (Wildman–Crippen MR) is 73.2 cm³/mol. The van der Waals surface area contributed by atoms with E-state index in [1.165, 1.54) is 25.9 Å². The second kappa shape index (κ2) is 6.70. The van der Waals surface area contributed by atoms with E-state index in [9.17, 15) is 0 Å². The van der Waals surface area contributed by atoms with Gasteiger partial charge in [-0.2, -0.15) is 15.0 Å². The van der Waals surface area contributed by atoms with Gasteiger partial charge in [-0.3, -0.25) is 0 Å². The molecular formula is C11H19ClN6. The molecule has 0 unspecified atom stereocenters. The number of aromatic nitrogens is 3. The Hall–Kier alpha value is -1.14. The van der Waals surface area contributed by atoms with Gasteiger partial charge in [-0.25, -0.2) is 0 Å². The van der Waals surface area contributed by atoms with E-state index in [4.69, 9.17) is 11.6 Å². The molecule has 100 valence electrons. The van der Waals surface area contributed by atoms with E-state index >= 15 is 0 Å².